The minimum absolute atomic E-state index is 0.219. The van der Waals surface area contributed by atoms with Gasteiger partial charge in [0.25, 0.3) is 5.91 Å². The van der Waals surface area contributed by atoms with E-state index in [1.165, 1.54) is 11.3 Å². The fraction of sp³-hybridized carbons (Fsp3) is 0.125. The topological polar surface area (TPSA) is 103 Å². The lowest BCUT2D eigenvalue weighted by Gasteiger charge is -2.05. The van der Waals surface area contributed by atoms with E-state index in [1.54, 1.807) is 37.7 Å². The molecule has 0 radical (unpaired) electrons. The smallest absolute Gasteiger partial charge is 0.251 e. The van der Waals surface area contributed by atoms with Crippen LogP contribution < -0.4 is 10.1 Å². The second-order valence-electron chi connectivity index (χ2n) is 7.34. The molecule has 1 amide bonds. The Kier molecular flexibility index (Phi) is 5.54. The Labute approximate surface area is 193 Å². The molecule has 9 heteroatoms. The number of nitrogens with zero attached hydrogens (tertiary/aromatic N) is 4. The van der Waals surface area contributed by atoms with Crippen molar-refractivity contribution in [3.63, 3.8) is 0 Å². The van der Waals surface area contributed by atoms with Crippen LogP contribution in [0.3, 0.4) is 0 Å². The number of amides is 1. The Bertz CT molecular complexity index is 1430. The fourth-order valence-electron chi connectivity index (χ4n) is 3.30. The van der Waals surface area contributed by atoms with Crippen molar-refractivity contribution in [2.75, 3.05) is 7.11 Å². The maximum Gasteiger partial charge on any atom is 0.251 e. The summed E-state index contributed by atoms with van der Waals surface area (Å²) in [4.78, 5) is 25.9. The highest BCUT2D eigenvalue weighted by Gasteiger charge is 2.17. The monoisotopic (exact) mass is 457 g/mol. The molecule has 5 rings (SSSR count). The van der Waals surface area contributed by atoms with Crippen LogP contribution in [0.15, 0.2) is 64.8 Å². The number of hydrogen-bond donors (Lipinski definition) is 1. The van der Waals surface area contributed by atoms with Crippen LogP contribution in [0.25, 0.3) is 32.9 Å². The van der Waals surface area contributed by atoms with Gasteiger partial charge in [0.15, 0.2) is 5.58 Å². The summed E-state index contributed by atoms with van der Waals surface area (Å²) in [5.74, 6) is 0.571. The molecule has 0 saturated heterocycles. The number of benzene rings is 2. The first-order valence-electron chi connectivity index (χ1n) is 10.2. The standard InChI is InChI=1S/C24H19N5O3S/c1-14-10-26-17(11-25-14)12-27-23(30)16-5-8-21-19(9-16)22(29-32-21)20-13-33-24(28-20)15-3-6-18(31-2)7-4-15/h3-11,13H,12H2,1-2H3,(H,27,30). The molecule has 1 N–H and O–H groups in total. The summed E-state index contributed by atoms with van der Waals surface area (Å²) < 4.78 is 10.7. The number of aryl methyl sites for hydroxylation is 1. The van der Waals surface area contributed by atoms with Gasteiger partial charge in [-0.15, -0.1) is 11.3 Å². The molecule has 164 valence electrons. The van der Waals surface area contributed by atoms with Gasteiger partial charge in [-0.05, 0) is 49.4 Å². The van der Waals surface area contributed by atoms with Crippen LogP contribution in [0.2, 0.25) is 0 Å². The summed E-state index contributed by atoms with van der Waals surface area (Å²) in [5, 5.41) is 10.6. The Morgan fingerprint density at radius 2 is 1.97 bits per heavy atom. The number of ether oxygens (including phenoxy) is 1. The zero-order valence-corrected chi connectivity index (χ0v) is 18.7. The zero-order valence-electron chi connectivity index (χ0n) is 17.9. The molecule has 2 aromatic carbocycles. The predicted octanol–water partition coefficient (Wildman–Crippen LogP) is 4.66. The molecule has 33 heavy (non-hydrogen) atoms. The van der Waals surface area contributed by atoms with Crippen molar-refractivity contribution < 1.29 is 14.1 Å². The molecule has 0 aliphatic heterocycles. The van der Waals surface area contributed by atoms with Gasteiger partial charge in [0, 0.05) is 22.7 Å². The average Bonchev–Trinajstić information content (AvgIpc) is 3.50. The Balaban J connectivity index is 1.38. The van der Waals surface area contributed by atoms with E-state index in [1.807, 2.05) is 36.6 Å². The number of fused-ring (bicyclic) bond motifs is 1. The lowest BCUT2D eigenvalue weighted by Crippen LogP contribution is -2.23. The number of nitrogens with one attached hydrogen (secondary N) is 1. The number of carbonyl (C=O) groups excluding carboxylic acids is 1. The maximum atomic E-state index is 12.7. The van der Waals surface area contributed by atoms with Gasteiger partial charge in [-0.3, -0.25) is 14.8 Å². The van der Waals surface area contributed by atoms with Crippen molar-refractivity contribution in [1.29, 1.82) is 0 Å². The van der Waals surface area contributed by atoms with Crippen molar-refractivity contribution in [1.82, 2.24) is 25.4 Å². The minimum Gasteiger partial charge on any atom is -0.497 e. The van der Waals surface area contributed by atoms with Crippen LogP contribution in [0.4, 0.5) is 0 Å². The Morgan fingerprint density at radius 1 is 1.12 bits per heavy atom. The molecule has 0 spiro atoms. The minimum atomic E-state index is -0.219. The van der Waals surface area contributed by atoms with Gasteiger partial charge in [-0.1, -0.05) is 5.16 Å². The number of carbonyl (C=O) groups is 1. The van der Waals surface area contributed by atoms with E-state index in [-0.39, 0.29) is 12.5 Å². The van der Waals surface area contributed by atoms with E-state index in [0.717, 1.165) is 27.4 Å². The molecule has 5 aromatic rings. The van der Waals surface area contributed by atoms with E-state index < -0.39 is 0 Å². The van der Waals surface area contributed by atoms with E-state index in [0.29, 0.717) is 28.2 Å². The summed E-state index contributed by atoms with van der Waals surface area (Å²) >= 11 is 1.51. The van der Waals surface area contributed by atoms with Gasteiger partial charge in [0.05, 0.1) is 36.6 Å². The summed E-state index contributed by atoms with van der Waals surface area (Å²) in [6.45, 7) is 2.15. The number of thiazole rings is 1. The molecule has 0 aliphatic carbocycles. The fourth-order valence-corrected chi connectivity index (χ4v) is 4.11. The van der Waals surface area contributed by atoms with Gasteiger partial charge in [0.1, 0.15) is 22.1 Å². The van der Waals surface area contributed by atoms with Crippen LogP contribution in [0.1, 0.15) is 21.7 Å². The van der Waals surface area contributed by atoms with Crippen LogP contribution in [0, 0.1) is 6.92 Å². The SMILES string of the molecule is COc1ccc(-c2nc(-c3noc4ccc(C(=O)NCc5cnc(C)cn5)cc34)cs2)cc1. The molecule has 0 fully saturated rings. The second-order valence-corrected chi connectivity index (χ2v) is 8.20. The van der Waals surface area contributed by atoms with Gasteiger partial charge < -0.3 is 14.6 Å². The zero-order chi connectivity index (χ0) is 22.8. The lowest BCUT2D eigenvalue weighted by molar-refractivity contribution is 0.0950. The van der Waals surface area contributed by atoms with E-state index in [2.05, 4.69) is 20.4 Å². The number of rotatable bonds is 6. The summed E-state index contributed by atoms with van der Waals surface area (Å²) in [6.07, 6.45) is 3.32. The Morgan fingerprint density at radius 3 is 2.73 bits per heavy atom. The molecule has 0 bridgehead atoms. The number of methoxy groups -OCH3 is 1. The third-order valence-electron chi connectivity index (χ3n) is 5.08. The largest absolute Gasteiger partial charge is 0.497 e. The first-order chi connectivity index (χ1) is 16.1. The first-order valence-corrected chi connectivity index (χ1v) is 11.0. The third kappa shape index (κ3) is 4.31. The van der Waals surface area contributed by atoms with Crippen LogP contribution in [-0.4, -0.2) is 33.1 Å². The molecule has 3 heterocycles. The molecule has 0 aliphatic rings. The van der Waals surface area contributed by atoms with Crippen molar-refractivity contribution >= 4 is 28.2 Å². The Hall–Kier alpha value is -4.11. The highest BCUT2D eigenvalue weighted by atomic mass is 32.1. The van der Waals surface area contributed by atoms with Crippen LogP contribution in [-0.2, 0) is 6.54 Å². The van der Waals surface area contributed by atoms with Gasteiger partial charge in [-0.25, -0.2) is 4.98 Å². The molecular weight excluding hydrogens is 438 g/mol. The summed E-state index contributed by atoms with van der Waals surface area (Å²) in [6, 6.07) is 12.9. The van der Waals surface area contributed by atoms with E-state index in [9.17, 15) is 4.79 Å². The van der Waals surface area contributed by atoms with Crippen LogP contribution in [0.5, 0.6) is 5.75 Å². The van der Waals surface area contributed by atoms with Crippen molar-refractivity contribution in [2.45, 2.75) is 13.5 Å². The molecular formula is C24H19N5O3S. The lowest BCUT2D eigenvalue weighted by atomic mass is 10.1. The van der Waals surface area contributed by atoms with Crippen molar-refractivity contribution in [3.05, 3.63) is 77.2 Å². The summed E-state index contributed by atoms with van der Waals surface area (Å²) in [7, 11) is 1.64. The molecule has 0 saturated carbocycles. The van der Waals surface area contributed by atoms with Crippen molar-refractivity contribution in [2.24, 2.45) is 0 Å². The number of hydrogen-bond acceptors (Lipinski definition) is 8. The molecule has 0 unspecified atom stereocenters. The predicted molar refractivity (Wildman–Crippen MR) is 125 cm³/mol. The third-order valence-corrected chi connectivity index (χ3v) is 5.97. The van der Waals surface area contributed by atoms with Crippen molar-refractivity contribution in [3.8, 4) is 27.7 Å². The highest BCUT2D eigenvalue weighted by Crippen LogP contribution is 2.33. The second kappa shape index (κ2) is 8.79. The molecule has 0 atom stereocenters. The highest BCUT2D eigenvalue weighted by molar-refractivity contribution is 7.13. The van der Waals surface area contributed by atoms with Crippen LogP contribution >= 0.6 is 11.3 Å². The van der Waals surface area contributed by atoms with Gasteiger partial charge in [0.2, 0.25) is 0 Å². The maximum absolute atomic E-state index is 12.7. The normalized spacial score (nSPS) is 11.0. The quantitative estimate of drug-likeness (QED) is 0.396. The molecule has 3 aromatic heterocycles. The van der Waals surface area contributed by atoms with E-state index >= 15 is 0 Å². The summed E-state index contributed by atoms with van der Waals surface area (Å²) in [5.41, 5.74) is 4.88. The van der Waals surface area contributed by atoms with Gasteiger partial charge >= 0.3 is 0 Å². The number of aromatic nitrogens is 4. The van der Waals surface area contributed by atoms with E-state index in [4.69, 9.17) is 14.2 Å². The average molecular weight is 458 g/mol. The van der Waals surface area contributed by atoms with Gasteiger partial charge in [-0.2, -0.15) is 0 Å². The first kappa shape index (κ1) is 20.8. The molecule has 8 nitrogen and oxygen atoms in total.